The number of aryl methyl sites for hydroxylation is 1. The Kier molecular flexibility index (Phi) is 5.76. The Bertz CT molecular complexity index is 396. The van der Waals surface area contributed by atoms with Gasteiger partial charge in [0.2, 0.25) is 0 Å². The first-order valence-electron chi connectivity index (χ1n) is 6.82. The Morgan fingerprint density at radius 2 is 1.28 bits per heavy atom. The second-order valence-corrected chi connectivity index (χ2v) is 4.62. The molecule has 0 atom stereocenters. The van der Waals surface area contributed by atoms with E-state index >= 15 is 0 Å². The lowest BCUT2D eigenvalue weighted by Crippen LogP contribution is -2.05. The number of Topliss-reactive ketones (excluding diaryl/α,β-unsaturated/α-hetero) is 2. The van der Waals surface area contributed by atoms with E-state index in [9.17, 15) is 9.59 Å². The lowest BCUT2D eigenvalue weighted by atomic mass is 9.96. The number of ketones is 2. The average molecular weight is 246 g/mol. The van der Waals surface area contributed by atoms with Crippen LogP contribution >= 0.6 is 0 Å². The standard InChI is InChI=1S/C16H22O2/c1-4-7-15(17)13-9-12(6-3)10-14(11-13)16(18)8-5-2/h9-11H,4-8H2,1-3H3. The van der Waals surface area contributed by atoms with E-state index in [1.165, 1.54) is 0 Å². The zero-order valence-electron chi connectivity index (χ0n) is 11.6. The normalized spacial score (nSPS) is 10.4. The fourth-order valence-electron chi connectivity index (χ4n) is 1.96. The molecule has 0 aliphatic heterocycles. The van der Waals surface area contributed by atoms with Crippen molar-refractivity contribution in [2.45, 2.75) is 52.9 Å². The summed E-state index contributed by atoms with van der Waals surface area (Å²) in [6.45, 7) is 6.02. The molecule has 0 unspecified atom stereocenters. The molecule has 0 saturated heterocycles. The van der Waals surface area contributed by atoms with Crippen molar-refractivity contribution in [1.29, 1.82) is 0 Å². The molecule has 0 amide bonds. The maximum absolute atomic E-state index is 11.9. The summed E-state index contributed by atoms with van der Waals surface area (Å²) in [7, 11) is 0. The van der Waals surface area contributed by atoms with Crippen LogP contribution in [0, 0.1) is 0 Å². The van der Waals surface area contributed by atoms with Crippen LogP contribution in [-0.4, -0.2) is 11.6 Å². The largest absolute Gasteiger partial charge is 0.294 e. The van der Waals surface area contributed by atoms with Crippen molar-refractivity contribution in [3.8, 4) is 0 Å². The molecule has 0 bridgehead atoms. The van der Waals surface area contributed by atoms with Gasteiger partial charge in [-0.05, 0) is 43.0 Å². The third-order valence-corrected chi connectivity index (χ3v) is 3.00. The second kappa shape index (κ2) is 7.10. The van der Waals surface area contributed by atoms with Gasteiger partial charge in [0.15, 0.2) is 11.6 Å². The van der Waals surface area contributed by atoms with Gasteiger partial charge in [0.1, 0.15) is 0 Å². The van der Waals surface area contributed by atoms with Gasteiger partial charge in [-0.15, -0.1) is 0 Å². The summed E-state index contributed by atoms with van der Waals surface area (Å²) in [4.78, 5) is 23.9. The summed E-state index contributed by atoms with van der Waals surface area (Å²) in [5, 5.41) is 0. The summed E-state index contributed by atoms with van der Waals surface area (Å²) < 4.78 is 0. The SMILES string of the molecule is CCCC(=O)c1cc(CC)cc(C(=O)CCC)c1. The van der Waals surface area contributed by atoms with Gasteiger partial charge in [0, 0.05) is 24.0 Å². The van der Waals surface area contributed by atoms with Gasteiger partial charge in [0.05, 0.1) is 0 Å². The van der Waals surface area contributed by atoms with Crippen LogP contribution in [0.5, 0.6) is 0 Å². The Balaban J connectivity index is 3.08. The van der Waals surface area contributed by atoms with E-state index in [1.54, 1.807) is 6.07 Å². The summed E-state index contributed by atoms with van der Waals surface area (Å²) in [5.41, 5.74) is 2.45. The number of hydrogen-bond acceptors (Lipinski definition) is 2. The molecule has 0 N–H and O–H groups in total. The van der Waals surface area contributed by atoms with Crippen LogP contribution in [0.3, 0.4) is 0 Å². The van der Waals surface area contributed by atoms with Crippen LogP contribution in [0.15, 0.2) is 18.2 Å². The van der Waals surface area contributed by atoms with Crippen LogP contribution in [0.4, 0.5) is 0 Å². The van der Waals surface area contributed by atoms with Crippen molar-refractivity contribution in [2.75, 3.05) is 0 Å². The molecule has 0 spiro atoms. The third kappa shape index (κ3) is 3.80. The molecule has 18 heavy (non-hydrogen) atoms. The first-order valence-corrected chi connectivity index (χ1v) is 6.82. The van der Waals surface area contributed by atoms with E-state index in [-0.39, 0.29) is 11.6 Å². The molecular formula is C16H22O2. The molecule has 2 heteroatoms. The minimum Gasteiger partial charge on any atom is -0.294 e. The fraction of sp³-hybridized carbons (Fsp3) is 0.500. The zero-order chi connectivity index (χ0) is 13.5. The van der Waals surface area contributed by atoms with Gasteiger partial charge in [-0.2, -0.15) is 0 Å². The molecule has 0 fully saturated rings. The number of carbonyl (C=O) groups excluding carboxylic acids is 2. The lowest BCUT2D eigenvalue weighted by molar-refractivity contribution is 0.0981. The zero-order valence-corrected chi connectivity index (χ0v) is 11.6. The number of carbonyl (C=O) groups is 2. The predicted octanol–water partition coefficient (Wildman–Crippen LogP) is 4.21. The highest BCUT2D eigenvalue weighted by Gasteiger charge is 2.11. The van der Waals surface area contributed by atoms with Gasteiger partial charge in [-0.1, -0.05) is 20.8 Å². The molecule has 2 nitrogen and oxygen atoms in total. The Morgan fingerprint density at radius 3 is 1.61 bits per heavy atom. The summed E-state index contributed by atoms with van der Waals surface area (Å²) in [6.07, 6.45) is 3.63. The highest BCUT2D eigenvalue weighted by Crippen LogP contribution is 2.16. The summed E-state index contributed by atoms with van der Waals surface area (Å²) >= 11 is 0. The number of rotatable bonds is 7. The maximum atomic E-state index is 11.9. The molecule has 1 aromatic carbocycles. The van der Waals surface area contributed by atoms with Gasteiger partial charge < -0.3 is 0 Å². The first-order chi connectivity index (χ1) is 8.62. The van der Waals surface area contributed by atoms with Crippen LogP contribution in [-0.2, 0) is 6.42 Å². The highest BCUT2D eigenvalue weighted by molar-refractivity contribution is 6.01. The number of benzene rings is 1. The Hall–Kier alpha value is -1.44. The van der Waals surface area contributed by atoms with Crippen molar-refractivity contribution in [3.63, 3.8) is 0 Å². The van der Waals surface area contributed by atoms with Gasteiger partial charge in [-0.3, -0.25) is 9.59 Å². The van der Waals surface area contributed by atoms with E-state index in [4.69, 9.17) is 0 Å². The Morgan fingerprint density at radius 1 is 0.833 bits per heavy atom. The van der Waals surface area contributed by atoms with Gasteiger partial charge in [0.25, 0.3) is 0 Å². The third-order valence-electron chi connectivity index (χ3n) is 3.00. The highest BCUT2D eigenvalue weighted by atomic mass is 16.1. The molecular weight excluding hydrogens is 224 g/mol. The van der Waals surface area contributed by atoms with Crippen molar-refractivity contribution in [3.05, 3.63) is 34.9 Å². The molecule has 1 aromatic rings. The minimum atomic E-state index is 0.137. The first kappa shape index (κ1) is 14.6. The molecule has 0 aliphatic rings. The van der Waals surface area contributed by atoms with Crippen LogP contribution < -0.4 is 0 Å². The lowest BCUT2D eigenvalue weighted by Gasteiger charge is -2.07. The van der Waals surface area contributed by atoms with Gasteiger partial charge in [-0.25, -0.2) is 0 Å². The predicted molar refractivity (Wildman–Crippen MR) is 74.3 cm³/mol. The maximum Gasteiger partial charge on any atom is 0.162 e. The molecule has 0 heterocycles. The van der Waals surface area contributed by atoms with Crippen molar-refractivity contribution in [2.24, 2.45) is 0 Å². The molecule has 0 aromatic heterocycles. The van der Waals surface area contributed by atoms with E-state index in [2.05, 4.69) is 0 Å². The molecule has 0 radical (unpaired) electrons. The molecule has 98 valence electrons. The topological polar surface area (TPSA) is 34.1 Å². The second-order valence-electron chi connectivity index (χ2n) is 4.62. The van der Waals surface area contributed by atoms with Crippen molar-refractivity contribution in [1.82, 2.24) is 0 Å². The van der Waals surface area contributed by atoms with E-state index in [1.807, 2.05) is 32.9 Å². The van der Waals surface area contributed by atoms with Crippen molar-refractivity contribution < 1.29 is 9.59 Å². The van der Waals surface area contributed by atoms with E-state index in [0.29, 0.717) is 24.0 Å². The molecule has 1 rings (SSSR count). The summed E-state index contributed by atoms with van der Waals surface area (Å²) in [6, 6.07) is 5.59. The van der Waals surface area contributed by atoms with Crippen LogP contribution in [0.25, 0.3) is 0 Å². The quantitative estimate of drug-likeness (QED) is 0.675. The van der Waals surface area contributed by atoms with Crippen LogP contribution in [0.2, 0.25) is 0 Å². The monoisotopic (exact) mass is 246 g/mol. The van der Waals surface area contributed by atoms with E-state index in [0.717, 1.165) is 24.8 Å². The summed E-state index contributed by atoms with van der Waals surface area (Å²) in [5.74, 6) is 0.275. The number of hydrogen-bond donors (Lipinski definition) is 0. The minimum absolute atomic E-state index is 0.137. The van der Waals surface area contributed by atoms with Gasteiger partial charge >= 0.3 is 0 Å². The average Bonchev–Trinajstić information content (AvgIpc) is 2.38. The van der Waals surface area contributed by atoms with E-state index < -0.39 is 0 Å². The Labute approximate surface area is 109 Å². The smallest absolute Gasteiger partial charge is 0.162 e. The van der Waals surface area contributed by atoms with Crippen LogP contribution in [0.1, 0.15) is 72.7 Å². The van der Waals surface area contributed by atoms with Crippen molar-refractivity contribution >= 4 is 11.6 Å². The molecule has 0 aliphatic carbocycles. The molecule has 0 saturated carbocycles. The fourth-order valence-corrected chi connectivity index (χ4v) is 1.96.